The molecule has 72 valence electrons. The fourth-order valence-electron chi connectivity index (χ4n) is 0.952. The van der Waals surface area contributed by atoms with Crippen LogP contribution in [0.3, 0.4) is 0 Å². The number of amides is 1. The minimum absolute atomic E-state index is 0. The summed E-state index contributed by atoms with van der Waals surface area (Å²) in [4.78, 5) is 11.1. The molecular formula is C8H12ClN3O. The highest BCUT2D eigenvalue weighted by Gasteiger charge is 2.03. The zero-order valence-electron chi connectivity index (χ0n) is 7.20. The first-order chi connectivity index (χ1) is 5.63. The van der Waals surface area contributed by atoms with Crippen molar-refractivity contribution < 1.29 is 4.79 Å². The maximum absolute atomic E-state index is 11.1. The Hall–Kier alpha value is -1.42. The lowest BCUT2D eigenvalue weighted by molar-refractivity contribution is 0.0963. The number of anilines is 2. The molecule has 0 saturated heterocycles. The Morgan fingerprint density at radius 2 is 1.69 bits per heavy atom. The van der Waals surface area contributed by atoms with Crippen LogP contribution in [-0.2, 0) is 0 Å². The third-order valence-corrected chi connectivity index (χ3v) is 1.47. The van der Waals surface area contributed by atoms with E-state index < -0.39 is 0 Å². The van der Waals surface area contributed by atoms with Gasteiger partial charge in [-0.25, -0.2) is 0 Å². The molecule has 0 spiro atoms. The predicted octanol–water partition coefficient (Wildman–Crippen LogP) is 0.632. The van der Waals surface area contributed by atoms with Crippen LogP contribution in [0.4, 0.5) is 11.4 Å². The highest BCUT2D eigenvalue weighted by Crippen LogP contribution is 2.12. The van der Waals surface area contributed by atoms with Gasteiger partial charge >= 0.3 is 0 Å². The first kappa shape index (κ1) is 11.6. The summed E-state index contributed by atoms with van der Waals surface area (Å²) in [5.74, 6) is -0.186. The molecule has 0 aromatic heterocycles. The first-order valence-electron chi connectivity index (χ1n) is 3.51. The molecule has 0 unspecified atom stereocenters. The van der Waals surface area contributed by atoms with Crippen LogP contribution in [0.1, 0.15) is 10.4 Å². The molecule has 1 aromatic carbocycles. The molecule has 0 aliphatic heterocycles. The SMILES string of the molecule is CNC(=O)c1cc(N)cc(N)c1.Cl. The highest BCUT2D eigenvalue weighted by atomic mass is 35.5. The minimum Gasteiger partial charge on any atom is -0.399 e. The van der Waals surface area contributed by atoms with E-state index in [9.17, 15) is 4.79 Å². The van der Waals surface area contributed by atoms with Gasteiger partial charge in [-0.3, -0.25) is 4.79 Å². The lowest BCUT2D eigenvalue weighted by Gasteiger charge is -2.02. The Kier molecular flexibility index (Phi) is 4.07. The molecule has 0 fully saturated rings. The number of carbonyl (C=O) groups excluding carboxylic acids is 1. The number of hydrogen-bond donors (Lipinski definition) is 3. The predicted molar refractivity (Wildman–Crippen MR) is 55.9 cm³/mol. The van der Waals surface area contributed by atoms with E-state index in [-0.39, 0.29) is 18.3 Å². The molecule has 4 nitrogen and oxygen atoms in total. The molecule has 1 aromatic rings. The fourth-order valence-corrected chi connectivity index (χ4v) is 0.952. The zero-order valence-corrected chi connectivity index (χ0v) is 8.02. The Morgan fingerprint density at radius 3 is 2.08 bits per heavy atom. The van der Waals surface area contributed by atoms with Crippen molar-refractivity contribution >= 4 is 29.7 Å². The van der Waals surface area contributed by atoms with E-state index >= 15 is 0 Å². The molecule has 0 aliphatic rings. The van der Waals surface area contributed by atoms with E-state index in [1.807, 2.05) is 0 Å². The van der Waals surface area contributed by atoms with Gasteiger partial charge in [-0.15, -0.1) is 12.4 Å². The number of carbonyl (C=O) groups is 1. The number of hydrogen-bond acceptors (Lipinski definition) is 3. The summed E-state index contributed by atoms with van der Waals surface area (Å²) in [6.07, 6.45) is 0. The normalized spacial score (nSPS) is 8.69. The second kappa shape index (κ2) is 4.57. The van der Waals surface area contributed by atoms with Crippen LogP contribution < -0.4 is 16.8 Å². The number of halogens is 1. The van der Waals surface area contributed by atoms with Gasteiger partial charge < -0.3 is 16.8 Å². The number of nitrogens with one attached hydrogen (secondary N) is 1. The summed E-state index contributed by atoms with van der Waals surface area (Å²) < 4.78 is 0. The third kappa shape index (κ3) is 2.83. The number of nitrogens with two attached hydrogens (primary N) is 2. The van der Waals surface area contributed by atoms with Crippen molar-refractivity contribution in [3.63, 3.8) is 0 Å². The van der Waals surface area contributed by atoms with Gasteiger partial charge in [0, 0.05) is 24.0 Å². The molecule has 0 bridgehead atoms. The van der Waals surface area contributed by atoms with Crippen molar-refractivity contribution in [1.82, 2.24) is 5.32 Å². The van der Waals surface area contributed by atoms with Gasteiger partial charge in [0.05, 0.1) is 0 Å². The molecule has 0 heterocycles. The molecule has 0 aliphatic carbocycles. The molecule has 0 radical (unpaired) electrons. The Labute approximate surface area is 82.7 Å². The van der Waals surface area contributed by atoms with Gasteiger partial charge in [0.25, 0.3) is 5.91 Å². The second-order valence-electron chi connectivity index (χ2n) is 2.47. The molecule has 1 amide bonds. The van der Waals surface area contributed by atoms with Gasteiger partial charge in [-0.05, 0) is 18.2 Å². The van der Waals surface area contributed by atoms with Gasteiger partial charge in [0.15, 0.2) is 0 Å². The lowest BCUT2D eigenvalue weighted by Crippen LogP contribution is -2.18. The average Bonchev–Trinajstić information content (AvgIpc) is 2.01. The fraction of sp³-hybridized carbons (Fsp3) is 0.125. The average molecular weight is 202 g/mol. The Morgan fingerprint density at radius 1 is 1.23 bits per heavy atom. The third-order valence-electron chi connectivity index (χ3n) is 1.47. The van der Waals surface area contributed by atoms with E-state index in [0.717, 1.165) is 0 Å². The smallest absolute Gasteiger partial charge is 0.251 e. The Bertz CT molecular complexity index is 294. The van der Waals surface area contributed by atoms with Crippen LogP contribution in [0.15, 0.2) is 18.2 Å². The largest absolute Gasteiger partial charge is 0.399 e. The van der Waals surface area contributed by atoms with E-state index in [2.05, 4.69) is 5.32 Å². The number of rotatable bonds is 1. The minimum atomic E-state index is -0.186. The van der Waals surface area contributed by atoms with E-state index in [1.165, 1.54) is 0 Å². The van der Waals surface area contributed by atoms with Crippen LogP contribution in [0.2, 0.25) is 0 Å². The van der Waals surface area contributed by atoms with Crippen molar-refractivity contribution in [2.75, 3.05) is 18.5 Å². The first-order valence-corrected chi connectivity index (χ1v) is 3.51. The van der Waals surface area contributed by atoms with Gasteiger partial charge in [0.2, 0.25) is 0 Å². The summed E-state index contributed by atoms with van der Waals surface area (Å²) in [5.41, 5.74) is 12.5. The molecule has 5 heteroatoms. The van der Waals surface area contributed by atoms with E-state index in [4.69, 9.17) is 11.5 Å². The van der Waals surface area contributed by atoms with Crippen molar-refractivity contribution in [2.24, 2.45) is 0 Å². The maximum atomic E-state index is 11.1. The van der Waals surface area contributed by atoms with Gasteiger partial charge in [-0.1, -0.05) is 0 Å². The molecule has 0 saturated carbocycles. The quantitative estimate of drug-likeness (QED) is 0.583. The van der Waals surface area contributed by atoms with Crippen LogP contribution in [0.5, 0.6) is 0 Å². The summed E-state index contributed by atoms with van der Waals surface area (Å²) in [5, 5.41) is 2.49. The lowest BCUT2D eigenvalue weighted by atomic mass is 10.1. The molecule has 1 rings (SSSR count). The van der Waals surface area contributed by atoms with Crippen molar-refractivity contribution in [1.29, 1.82) is 0 Å². The molecule has 5 N–H and O–H groups in total. The number of benzene rings is 1. The second-order valence-corrected chi connectivity index (χ2v) is 2.47. The van der Waals surface area contributed by atoms with Crippen LogP contribution in [-0.4, -0.2) is 13.0 Å². The molecule has 13 heavy (non-hydrogen) atoms. The van der Waals surface area contributed by atoms with E-state index in [0.29, 0.717) is 16.9 Å². The van der Waals surface area contributed by atoms with Gasteiger partial charge in [0.1, 0.15) is 0 Å². The Balaban J connectivity index is 0.00000144. The maximum Gasteiger partial charge on any atom is 0.251 e. The van der Waals surface area contributed by atoms with Crippen molar-refractivity contribution in [2.45, 2.75) is 0 Å². The molecule has 0 atom stereocenters. The highest BCUT2D eigenvalue weighted by molar-refractivity contribution is 5.95. The zero-order chi connectivity index (χ0) is 9.14. The van der Waals surface area contributed by atoms with Crippen molar-refractivity contribution in [3.8, 4) is 0 Å². The summed E-state index contributed by atoms with van der Waals surface area (Å²) in [7, 11) is 1.56. The number of nitrogen functional groups attached to an aromatic ring is 2. The molecular weight excluding hydrogens is 190 g/mol. The summed E-state index contributed by atoms with van der Waals surface area (Å²) >= 11 is 0. The van der Waals surface area contributed by atoms with Crippen LogP contribution in [0.25, 0.3) is 0 Å². The van der Waals surface area contributed by atoms with Crippen LogP contribution in [0, 0.1) is 0 Å². The van der Waals surface area contributed by atoms with E-state index in [1.54, 1.807) is 25.2 Å². The van der Waals surface area contributed by atoms with Crippen molar-refractivity contribution in [3.05, 3.63) is 23.8 Å². The van der Waals surface area contributed by atoms with Gasteiger partial charge in [-0.2, -0.15) is 0 Å². The summed E-state index contributed by atoms with van der Waals surface area (Å²) in [6, 6.07) is 4.76. The van der Waals surface area contributed by atoms with Crippen LogP contribution >= 0.6 is 12.4 Å². The topological polar surface area (TPSA) is 81.1 Å². The summed E-state index contributed by atoms with van der Waals surface area (Å²) in [6.45, 7) is 0. The monoisotopic (exact) mass is 201 g/mol. The standard InChI is InChI=1S/C8H11N3O.ClH/c1-11-8(12)5-2-6(9)4-7(10)3-5;/h2-4H,9-10H2,1H3,(H,11,12);1H.